The largest absolute Gasteiger partial charge is 0.477 e. The molecule has 1 aliphatic rings. The molecule has 34 heavy (non-hydrogen) atoms. The highest BCUT2D eigenvalue weighted by molar-refractivity contribution is 6.35. The Labute approximate surface area is 202 Å². The summed E-state index contributed by atoms with van der Waals surface area (Å²) in [5.41, 5.74) is 3.78. The zero-order chi connectivity index (χ0) is 24.4. The van der Waals surface area contributed by atoms with E-state index in [9.17, 15) is 20.1 Å². The second-order valence-corrected chi connectivity index (χ2v) is 8.90. The van der Waals surface area contributed by atoms with Crippen molar-refractivity contribution in [2.24, 2.45) is 14.1 Å². The summed E-state index contributed by atoms with van der Waals surface area (Å²) >= 11 is 6.73. The van der Waals surface area contributed by atoms with Gasteiger partial charge in [0, 0.05) is 43.8 Å². The maximum absolute atomic E-state index is 12.2. The topological polar surface area (TPSA) is 119 Å². The van der Waals surface area contributed by atoms with E-state index in [0.717, 1.165) is 24.6 Å². The molecule has 1 atom stereocenters. The second-order valence-electron chi connectivity index (χ2n) is 8.49. The number of nitrogens with zero attached hydrogens (tertiary/aromatic N) is 3. The van der Waals surface area contributed by atoms with Gasteiger partial charge in [0.1, 0.15) is 5.69 Å². The van der Waals surface area contributed by atoms with E-state index in [4.69, 9.17) is 21.1 Å². The van der Waals surface area contributed by atoms with E-state index in [0.29, 0.717) is 58.1 Å². The van der Waals surface area contributed by atoms with Gasteiger partial charge in [-0.25, -0.2) is 4.79 Å². The van der Waals surface area contributed by atoms with Crippen LogP contribution in [0.2, 0.25) is 5.02 Å². The van der Waals surface area contributed by atoms with Crippen LogP contribution < -0.4 is 0 Å². The molecule has 1 aliphatic heterocycles. The van der Waals surface area contributed by atoms with Gasteiger partial charge in [0.05, 0.1) is 35.1 Å². The number of hydrogen-bond donors (Lipinski definition) is 3. The quantitative estimate of drug-likeness (QED) is 0.419. The molecule has 0 spiro atoms. The zero-order valence-electron chi connectivity index (χ0n) is 19.4. The van der Waals surface area contributed by atoms with E-state index < -0.39 is 5.97 Å². The number of carboxylic acids is 1. The number of ether oxygens (including phenoxy) is 2. The van der Waals surface area contributed by atoms with Crippen LogP contribution in [-0.4, -0.2) is 55.1 Å². The fraction of sp³-hybridized carbons (Fsp3) is 0.500. The Hall–Kier alpha value is -2.43. The maximum atomic E-state index is 12.2. The Bertz CT molecular complexity index is 1200. The van der Waals surface area contributed by atoms with Crippen molar-refractivity contribution in [3.05, 3.63) is 39.8 Å². The summed E-state index contributed by atoms with van der Waals surface area (Å²) in [7, 11) is 3.43. The summed E-state index contributed by atoms with van der Waals surface area (Å²) in [6.45, 7) is 0.496. The third kappa shape index (κ3) is 4.46. The lowest BCUT2D eigenvalue weighted by molar-refractivity contribution is -0.169. The van der Waals surface area contributed by atoms with Gasteiger partial charge in [0.2, 0.25) is 0 Å². The third-order valence-corrected chi connectivity index (χ3v) is 6.69. The van der Waals surface area contributed by atoms with Crippen LogP contribution in [0.15, 0.2) is 12.1 Å². The zero-order valence-corrected chi connectivity index (χ0v) is 20.1. The molecule has 0 saturated carbocycles. The molecule has 0 amide bonds. The van der Waals surface area contributed by atoms with Gasteiger partial charge < -0.3 is 29.4 Å². The summed E-state index contributed by atoms with van der Waals surface area (Å²) in [6, 6.07) is 3.54. The number of halogens is 1. The smallest absolute Gasteiger partial charge is 0.352 e. The van der Waals surface area contributed by atoms with Crippen LogP contribution in [0.5, 0.6) is 0 Å². The monoisotopic (exact) mass is 491 g/mol. The predicted octanol–water partition coefficient (Wildman–Crippen LogP) is 3.39. The summed E-state index contributed by atoms with van der Waals surface area (Å²) in [4.78, 5) is 12.2. The van der Waals surface area contributed by atoms with Gasteiger partial charge in [0.25, 0.3) is 0 Å². The number of aliphatic hydroxyl groups is 2. The minimum atomic E-state index is -1.06. The van der Waals surface area contributed by atoms with E-state index >= 15 is 0 Å². The number of aromatic nitrogens is 3. The van der Waals surface area contributed by atoms with E-state index in [1.807, 2.05) is 0 Å². The van der Waals surface area contributed by atoms with Gasteiger partial charge in [-0.15, -0.1) is 0 Å². The molecule has 10 heteroatoms. The van der Waals surface area contributed by atoms with Gasteiger partial charge in [-0.1, -0.05) is 17.7 Å². The van der Waals surface area contributed by atoms with Crippen molar-refractivity contribution in [1.82, 2.24) is 14.3 Å². The summed E-state index contributed by atoms with van der Waals surface area (Å²) in [5, 5.41) is 35.2. The molecule has 1 unspecified atom stereocenters. The molecule has 0 bridgehead atoms. The molecule has 1 fully saturated rings. The van der Waals surface area contributed by atoms with Gasteiger partial charge in [0.15, 0.2) is 6.29 Å². The van der Waals surface area contributed by atoms with Crippen molar-refractivity contribution < 1.29 is 29.6 Å². The van der Waals surface area contributed by atoms with Crippen LogP contribution in [0.1, 0.15) is 53.1 Å². The van der Waals surface area contributed by atoms with Gasteiger partial charge in [-0.3, -0.25) is 4.68 Å². The minimum Gasteiger partial charge on any atom is -0.477 e. The summed E-state index contributed by atoms with van der Waals surface area (Å²) < 4.78 is 14.9. The Morgan fingerprint density at radius 3 is 2.71 bits per heavy atom. The first-order valence-corrected chi connectivity index (χ1v) is 11.8. The van der Waals surface area contributed by atoms with Crippen LogP contribution in [0.4, 0.5) is 0 Å². The SMILES string of the molecule is Cn1nc(COC2CCCCO2)c(-c2c(Cl)ccc3c(CCCO)c(C(=O)O)n(C)c23)c1CO. The third-order valence-electron chi connectivity index (χ3n) is 6.38. The molecule has 0 aliphatic carbocycles. The van der Waals surface area contributed by atoms with Crippen LogP contribution in [0, 0.1) is 0 Å². The number of rotatable bonds is 9. The molecule has 3 heterocycles. The molecule has 2 aromatic heterocycles. The minimum absolute atomic E-state index is 0.0438. The summed E-state index contributed by atoms with van der Waals surface area (Å²) in [6.07, 6.45) is 3.38. The molecular weight excluding hydrogens is 462 g/mol. The van der Waals surface area contributed by atoms with Gasteiger partial charge in [-0.2, -0.15) is 5.10 Å². The average molecular weight is 492 g/mol. The Balaban J connectivity index is 1.90. The van der Waals surface area contributed by atoms with Gasteiger partial charge in [-0.05, 0) is 43.7 Å². The van der Waals surface area contributed by atoms with Crippen molar-refractivity contribution >= 4 is 28.5 Å². The van der Waals surface area contributed by atoms with E-state index in [2.05, 4.69) is 5.10 Å². The molecule has 0 radical (unpaired) electrons. The number of hydrogen-bond acceptors (Lipinski definition) is 6. The Morgan fingerprint density at radius 1 is 1.26 bits per heavy atom. The lowest BCUT2D eigenvalue weighted by atomic mass is 9.98. The molecule has 1 saturated heterocycles. The van der Waals surface area contributed by atoms with Crippen molar-refractivity contribution in [1.29, 1.82) is 0 Å². The predicted molar refractivity (Wildman–Crippen MR) is 127 cm³/mol. The first-order chi connectivity index (χ1) is 16.4. The Morgan fingerprint density at radius 2 is 2.06 bits per heavy atom. The lowest BCUT2D eigenvalue weighted by Gasteiger charge is -2.22. The number of benzene rings is 1. The fourth-order valence-corrected chi connectivity index (χ4v) is 5.07. The standard InChI is InChI=1S/C24H30ClN3O6/c1-27-22-15(14(6-5-10-29)23(27)24(31)32)8-9-16(25)20(22)21-17(26-28(2)18(21)12-30)13-34-19-7-3-4-11-33-19/h8-9,19,29-30H,3-7,10-13H2,1-2H3,(H,31,32). The lowest BCUT2D eigenvalue weighted by Crippen LogP contribution is -2.22. The van der Waals surface area contributed by atoms with Crippen LogP contribution >= 0.6 is 11.6 Å². The van der Waals surface area contributed by atoms with Gasteiger partial charge >= 0.3 is 5.97 Å². The van der Waals surface area contributed by atoms with Crippen LogP contribution in [-0.2, 0) is 43.2 Å². The number of carboxylic acid groups (broad SMARTS) is 1. The number of aliphatic hydroxyl groups excluding tert-OH is 2. The number of carbonyl (C=O) groups is 1. The molecule has 184 valence electrons. The molecular formula is C24H30ClN3O6. The van der Waals surface area contributed by atoms with Crippen molar-refractivity contribution in [3.8, 4) is 11.1 Å². The molecule has 9 nitrogen and oxygen atoms in total. The normalized spacial score (nSPS) is 16.4. The maximum Gasteiger partial charge on any atom is 0.352 e. The second kappa shape index (κ2) is 10.5. The summed E-state index contributed by atoms with van der Waals surface area (Å²) in [5.74, 6) is -1.06. The van der Waals surface area contributed by atoms with E-state index in [1.54, 1.807) is 35.5 Å². The fourth-order valence-electron chi connectivity index (χ4n) is 4.82. The highest BCUT2D eigenvalue weighted by atomic mass is 35.5. The highest BCUT2D eigenvalue weighted by Gasteiger charge is 2.28. The molecule has 4 rings (SSSR count). The highest BCUT2D eigenvalue weighted by Crippen LogP contribution is 2.42. The van der Waals surface area contributed by atoms with Crippen LogP contribution in [0.3, 0.4) is 0 Å². The Kier molecular flexibility index (Phi) is 7.59. The first-order valence-electron chi connectivity index (χ1n) is 11.4. The molecule has 3 aromatic rings. The number of aryl methyl sites for hydroxylation is 3. The number of fused-ring (bicyclic) bond motifs is 1. The van der Waals surface area contributed by atoms with E-state index in [1.165, 1.54) is 0 Å². The van der Waals surface area contributed by atoms with E-state index in [-0.39, 0.29) is 31.8 Å². The van der Waals surface area contributed by atoms with Crippen molar-refractivity contribution in [2.75, 3.05) is 13.2 Å². The first kappa shape index (κ1) is 24.7. The number of aromatic carboxylic acids is 1. The molecule has 1 aromatic carbocycles. The van der Waals surface area contributed by atoms with Crippen molar-refractivity contribution in [2.45, 2.75) is 51.6 Å². The average Bonchev–Trinajstić information content (AvgIpc) is 3.29. The van der Waals surface area contributed by atoms with Crippen molar-refractivity contribution in [3.63, 3.8) is 0 Å². The van der Waals surface area contributed by atoms with Crippen LogP contribution in [0.25, 0.3) is 22.0 Å². The molecule has 3 N–H and O–H groups in total.